The summed E-state index contributed by atoms with van der Waals surface area (Å²) in [6.45, 7) is 3.67. The molecule has 5 heteroatoms. The van der Waals surface area contributed by atoms with E-state index in [1.54, 1.807) is 19.5 Å². The third-order valence-corrected chi connectivity index (χ3v) is 2.37. The second-order valence-electron chi connectivity index (χ2n) is 3.23. The molecular weight excluding hydrogens is 258 g/mol. The monoisotopic (exact) mass is 273 g/mol. The molecular formula is C10H16BrN3O. The number of nitrogens with zero attached hydrogens (tertiary/aromatic N) is 2. The minimum absolute atomic E-state index is 0.279. The zero-order valence-corrected chi connectivity index (χ0v) is 10.6. The number of nitrogens with one attached hydrogen (secondary N) is 1. The van der Waals surface area contributed by atoms with Crippen molar-refractivity contribution in [2.24, 2.45) is 0 Å². The van der Waals surface area contributed by atoms with Gasteiger partial charge in [0.25, 0.3) is 0 Å². The zero-order chi connectivity index (χ0) is 11.1. The van der Waals surface area contributed by atoms with E-state index in [0.29, 0.717) is 6.61 Å². The van der Waals surface area contributed by atoms with E-state index in [1.807, 2.05) is 0 Å². The predicted molar refractivity (Wildman–Crippen MR) is 62.8 cm³/mol. The largest absolute Gasteiger partial charge is 0.383 e. The number of halogens is 1. The molecule has 0 saturated carbocycles. The van der Waals surface area contributed by atoms with E-state index >= 15 is 0 Å². The van der Waals surface area contributed by atoms with Gasteiger partial charge in [0.2, 0.25) is 0 Å². The second-order valence-corrected chi connectivity index (χ2v) is 4.15. The summed E-state index contributed by atoms with van der Waals surface area (Å²) in [5, 5.41) is 3.33. The Hall–Kier alpha value is -0.520. The van der Waals surface area contributed by atoms with Crippen molar-refractivity contribution >= 4 is 15.9 Å². The molecule has 1 atom stereocenters. The first-order valence-electron chi connectivity index (χ1n) is 4.95. The van der Waals surface area contributed by atoms with Gasteiger partial charge in [-0.2, -0.15) is 0 Å². The number of aromatic nitrogens is 2. The van der Waals surface area contributed by atoms with Crippen molar-refractivity contribution in [2.45, 2.75) is 19.4 Å². The number of hydrogen-bond donors (Lipinski definition) is 1. The van der Waals surface area contributed by atoms with Crippen molar-refractivity contribution in [3.8, 4) is 0 Å². The van der Waals surface area contributed by atoms with Crippen molar-refractivity contribution in [3.05, 3.63) is 22.7 Å². The first-order chi connectivity index (χ1) is 7.26. The van der Waals surface area contributed by atoms with Crippen molar-refractivity contribution in [1.82, 2.24) is 15.3 Å². The van der Waals surface area contributed by atoms with Crippen LogP contribution in [0.15, 0.2) is 16.9 Å². The lowest BCUT2D eigenvalue weighted by Crippen LogP contribution is -2.35. The molecule has 0 amide bonds. The van der Waals surface area contributed by atoms with Crippen LogP contribution in [0.1, 0.15) is 12.7 Å². The maximum absolute atomic E-state index is 5.13. The highest BCUT2D eigenvalue weighted by molar-refractivity contribution is 9.10. The molecule has 1 N–H and O–H groups in total. The lowest BCUT2D eigenvalue weighted by molar-refractivity contribution is 0.166. The van der Waals surface area contributed by atoms with E-state index in [-0.39, 0.29) is 6.04 Å². The second kappa shape index (κ2) is 6.87. The highest BCUT2D eigenvalue weighted by Crippen LogP contribution is 2.05. The van der Waals surface area contributed by atoms with Gasteiger partial charge in [-0.3, -0.25) is 0 Å². The summed E-state index contributed by atoms with van der Waals surface area (Å²) in [6, 6.07) is 0.279. The van der Waals surface area contributed by atoms with Crippen molar-refractivity contribution < 1.29 is 4.74 Å². The Labute approximate surface area is 98.6 Å². The zero-order valence-electron chi connectivity index (χ0n) is 9.03. The highest BCUT2D eigenvalue weighted by atomic mass is 79.9. The molecule has 1 heterocycles. The minimum atomic E-state index is 0.279. The molecule has 0 aromatic carbocycles. The van der Waals surface area contributed by atoms with Crippen LogP contribution in [0.25, 0.3) is 0 Å². The Morgan fingerprint density at radius 2 is 2.13 bits per heavy atom. The Morgan fingerprint density at radius 1 is 1.47 bits per heavy atom. The highest BCUT2D eigenvalue weighted by Gasteiger charge is 2.09. The number of likely N-dealkylation sites (N-methyl/N-ethyl adjacent to an activating group) is 1. The Kier molecular flexibility index (Phi) is 5.75. The Bertz CT molecular complexity index is 273. The van der Waals surface area contributed by atoms with Gasteiger partial charge in [0.1, 0.15) is 5.82 Å². The molecule has 1 aromatic rings. The van der Waals surface area contributed by atoms with Gasteiger partial charge in [0.15, 0.2) is 0 Å². The molecule has 0 aliphatic heterocycles. The van der Waals surface area contributed by atoms with Crippen molar-refractivity contribution in [1.29, 1.82) is 0 Å². The first-order valence-corrected chi connectivity index (χ1v) is 5.74. The molecule has 4 nitrogen and oxygen atoms in total. The number of methoxy groups -OCH3 is 1. The number of rotatable bonds is 6. The molecule has 0 saturated heterocycles. The molecule has 1 aromatic heterocycles. The van der Waals surface area contributed by atoms with Crippen LogP contribution < -0.4 is 5.32 Å². The maximum atomic E-state index is 5.13. The fourth-order valence-electron chi connectivity index (χ4n) is 1.34. The van der Waals surface area contributed by atoms with E-state index < -0.39 is 0 Å². The maximum Gasteiger partial charge on any atom is 0.129 e. The van der Waals surface area contributed by atoms with E-state index in [4.69, 9.17) is 4.74 Å². The lowest BCUT2D eigenvalue weighted by atomic mass is 10.2. The molecule has 0 spiro atoms. The van der Waals surface area contributed by atoms with Crippen LogP contribution in [0.4, 0.5) is 0 Å². The molecule has 1 unspecified atom stereocenters. The molecule has 0 aliphatic rings. The summed E-state index contributed by atoms with van der Waals surface area (Å²) in [4.78, 5) is 8.46. The van der Waals surface area contributed by atoms with Crippen LogP contribution in [0, 0.1) is 0 Å². The molecule has 0 aliphatic carbocycles. The summed E-state index contributed by atoms with van der Waals surface area (Å²) in [6.07, 6.45) is 4.31. The SMILES string of the molecule is CCNC(COC)Cc1ncc(Br)cn1. The van der Waals surface area contributed by atoms with E-state index in [0.717, 1.165) is 23.3 Å². The number of hydrogen-bond acceptors (Lipinski definition) is 4. The van der Waals surface area contributed by atoms with Crippen LogP contribution in [0.5, 0.6) is 0 Å². The molecule has 15 heavy (non-hydrogen) atoms. The molecule has 0 bridgehead atoms. The lowest BCUT2D eigenvalue weighted by Gasteiger charge is -2.15. The molecule has 0 radical (unpaired) electrons. The van der Waals surface area contributed by atoms with Crippen LogP contribution in [-0.2, 0) is 11.2 Å². The van der Waals surface area contributed by atoms with Crippen LogP contribution in [-0.4, -0.2) is 36.3 Å². The van der Waals surface area contributed by atoms with E-state index in [9.17, 15) is 0 Å². The van der Waals surface area contributed by atoms with Gasteiger partial charge in [0, 0.05) is 32.0 Å². The van der Waals surface area contributed by atoms with Crippen LogP contribution >= 0.6 is 15.9 Å². The fraction of sp³-hybridized carbons (Fsp3) is 0.600. The van der Waals surface area contributed by atoms with Gasteiger partial charge in [-0.15, -0.1) is 0 Å². The summed E-state index contributed by atoms with van der Waals surface area (Å²) in [7, 11) is 1.70. The van der Waals surface area contributed by atoms with E-state index in [2.05, 4.69) is 38.1 Å². The smallest absolute Gasteiger partial charge is 0.129 e. The third kappa shape index (κ3) is 4.68. The number of ether oxygens (including phenoxy) is 1. The van der Waals surface area contributed by atoms with Crippen LogP contribution in [0.2, 0.25) is 0 Å². The quantitative estimate of drug-likeness (QED) is 0.852. The average molecular weight is 274 g/mol. The van der Waals surface area contributed by atoms with Gasteiger partial charge in [-0.1, -0.05) is 6.92 Å². The Balaban J connectivity index is 2.53. The van der Waals surface area contributed by atoms with E-state index in [1.165, 1.54) is 0 Å². The molecule has 1 rings (SSSR count). The van der Waals surface area contributed by atoms with Gasteiger partial charge in [0.05, 0.1) is 11.1 Å². The van der Waals surface area contributed by atoms with Crippen molar-refractivity contribution in [2.75, 3.05) is 20.3 Å². The first kappa shape index (κ1) is 12.5. The fourth-order valence-corrected chi connectivity index (χ4v) is 1.55. The molecule has 84 valence electrons. The summed E-state index contributed by atoms with van der Waals surface area (Å²) < 4.78 is 6.03. The van der Waals surface area contributed by atoms with Gasteiger partial charge >= 0.3 is 0 Å². The van der Waals surface area contributed by atoms with Gasteiger partial charge in [-0.05, 0) is 22.5 Å². The normalized spacial score (nSPS) is 12.7. The van der Waals surface area contributed by atoms with Gasteiger partial charge < -0.3 is 10.1 Å². The van der Waals surface area contributed by atoms with Crippen molar-refractivity contribution in [3.63, 3.8) is 0 Å². The molecule has 0 fully saturated rings. The standard InChI is InChI=1S/C10H16BrN3O/c1-3-12-9(7-15-2)4-10-13-5-8(11)6-14-10/h5-6,9,12H,3-4,7H2,1-2H3. The summed E-state index contributed by atoms with van der Waals surface area (Å²) in [5.41, 5.74) is 0. The minimum Gasteiger partial charge on any atom is -0.383 e. The topological polar surface area (TPSA) is 47.0 Å². The average Bonchev–Trinajstić information content (AvgIpc) is 2.22. The summed E-state index contributed by atoms with van der Waals surface area (Å²) >= 11 is 3.31. The predicted octanol–water partition coefficient (Wildman–Crippen LogP) is 1.41. The third-order valence-electron chi connectivity index (χ3n) is 1.96. The summed E-state index contributed by atoms with van der Waals surface area (Å²) in [5.74, 6) is 0.834. The Morgan fingerprint density at radius 3 is 2.67 bits per heavy atom. The van der Waals surface area contributed by atoms with Crippen LogP contribution in [0.3, 0.4) is 0 Å². The van der Waals surface area contributed by atoms with Gasteiger partial charge in [-0.25, -0.2) is 9.97 Å².